The number of nitrogens with zero attached hydrogens (tertiary/aromatic N) is 1. The van der Waals surface area contributed by atoms with Gasteiger partial charge in [-0.05, 0) is 0 Å². The Bertz CT molecular complexity index is 124. The SMILES string of the molecule is CNc1co[c]n1. The van der Waals surface area contributed by atoms with Crippen molar-refractivity contribution in [2.75, 3.05) is 12.4 Å². The monoisotopic (exact) mass is 97.0 g/mol. The predicted octanol–water partition coefficient (Wildman–Crippen LogP) is 0.516. The van der Waals surface area contributed by atoms with E-state index in [1.165, 1.54) is 6.26 Å². The van der Waals surface area contributed by atoms with Crippen molar-refractivity contribution in [3.8, 4) is 0 Å². The maximum absolute atomic E-state index is 4.51. The predicted molar refractivity (Wildman–Crippen MR) is 24.9 cm³/mol. The van der Waals surface area contributed by atoms with E-state index < -0.39 is 0 Å². The number of rotatable bonds is 1. The van der Waals surface area contributed by atoms with E-state index in [2.05, 4.69) is 21.1 Å². The van der Waals surface area contributed by atoms with Crippen LogP contribution in [0.2, 0.25) is 0 Å². The Kier molecular flexibility index (Phi) is 0.978. The Morgan fingerprint density at radius 1 is 2.00 bits per heavy atom. The largest absolute Gasteiger partial charge is 0.439 e. The summed E-state index contributed by atoms with van der Waals surface area (Å²) in [5.74, 6) is 0.708. The molecule has 7 heavy (non-hydrogen) atoms. The van der Waals surface area contributed by atoms with Gasteiger partial charge in [0, 0.05) is 7.05 Å². The van der Waals surface area contributed by atoms with Gasteiger partial charge >= 0.3 is 0 Å². The van der Waals surface area contributed by atoms with Crippen molar-refractivity contribution < 1.29 is 4.42 Å². The van der Waals surface area contributed by atoms with Crippen LogP contribution in [0.1, 0.15) is 0 Å². The molecule has 1 rings (SSSR count). The van der Waals surface area contributed by atoms with E-state index in [1.54, 1.807) is 7.05 Å². The van der Waals surface area contributed by atoms with Gasteiger partial charge in [-0.3, -0.25) is 0 Å². The summed E-state index contributed by atoms with van der Waals surface area (Å²) < 4.78 is 4.51. The minimum absolute atomic E-state index is 0.708. The molecule has 0 atom stereocenters. The van der Waals surface area contributed by atoms with Crippen molar-refractivity contribution in [2.24, 2.45) is 0 Å². The molecule has 3 nitrogen and oxygen atoms in total. The molecule has 0 amide bonds. The molecule has 1 heterocycles. The number of oxazole rings is 1. The van der Waals surface area contributed by atoms with E-state index in [-0.39, 0.29) is 0 Å². The molecule has 3 heteroatoms. The zero-order valence-electron chi connectivity index (χ0n) is 3.93. The average molecular weight is 97.1 g/mol. The number of aromatic nitrogens is 1. The highest BCUT2D eigenvalue weighted by Gasteiger charge is 1.85. The third-order valence-corrected chi connectivity index (χ3v) is 0.645. The molecule has 0 aliphatic carbocycles. The van der Waals surface area contributed by atoms with E-state index in [0.29, 0.717) is 5.82 Å². The van der Waals surface area contributed by atoms with Crippen molar-refractivity contribution in [3.05, 3.63) is 12.7 Å². The first-order chi connectivity index (χ1) is 3.43. The Morgan fingerprint density at radius 2 is 2.86 bits per heavy atom. The fourth-order valence-electron chi connectivity index (χ4n) is 0.299. The standard InChI is InChI=1S/C4H5N2O/c1-5-4-2-7-3-6-4/h2,5H,1H3. The summed E-state index contributed by atoms with van der Waals surface area (Å²) >= 11 is 0. The molecule has 0 aliphatic heterocycles. The summed E-state index contributed by atoms with van der Waals surface area (Å²) in [7, 11) is 1.77. The number of nitrogens with one attached hydrogen (secondary N) is 1. The van der Waals surface area contributed by atoms with Crippen LogP contribution in [0.3, 0.4) is 0 Å². The molecule has 0 saturated heterocycles. The molecule has 0 unspecified atom stereocenters. The fourth-order valence-corrected chi connectivity index (χ4v) is 0.299. The number of hydrogen-bond acceptors (Lipinski definition) is 3. The summed E-state index contributed by atoms with van der Waals surface area (Å²) in [6.07, 6.45) is 3.78. The minimum atomic E-state index is 0.708. The van der Waals surface area contributed by atoms with Gasteiger partial charge in [-0.2, -0.15) is 4.98 Å². The lowest BCUT2D eigenvalue weighted by Gasteiger charge is -1.82. The Morgan fingerprint density at radius 3 is 3.14 bits per heavy atom. The quantitative estimate of drug-likeness (QED) is 0.555. The van der Waals surface area contributed by atoms with Gasteiger partial charge in [0.25, 0.3) is 6.39 Å². The van der Waals surface area contributed by atoms with Crippen LogP contribution in [0.25, 0.3) is 0 Å². The van der Waals surface area contributed by atoms with Crippen molar-refractivity contribution in [3.63, 3.8) is 0 Å². The molecular weight excluding hydrogens is 92.1 g/mol. The molecule has 0 saturated carbocycles. The van der Waals surface area contributed by atoms with Crippen LogP contribution >= 0.6 is 0 Å². The lowest BCUT2D eigenvalue weighted by atomic mass is 10.8. The van der Waals surface area contributed by atoms with Crippen molar-refractivity contribution in [1.29, 1.82) is 0 Å². The Labute approximate surface area is 41.4 Å². The molecular formula is C4H5N2O. The first-order valence-electron chi connectivity index (χ1n) is 1.93. The summed E-state index contributed by atoms with van der Waals surface area (Å²) in [6.45, 7) is 0. The van der Waals surface area contributed by atoms with Crippen LogP contribution in [0.4, 0.5) is 5.82 Å². The van der Waals surface area contributed by atoms with Gasteiger partial charge in [-0.25, -0.2) is 0 Å². The van der Waals surface area contributed by atoms with E-state index in [0.717, 1.165) is 0 Å². The van der Waals surface area contributed by atoms with Gasteiger partial charge in [0.05, 0.1) is 0 Å². The van der Waals surface area contributed by atoms with E-state index in [4.69, 9.17) is 0 Å². The molecule has 37 valence electrons. The fraction of sp³-hybridized carbons (Fsp3) is 0.250. The molecule has 1 aromatic rings. The molecule has 0 aliphatic rings. The third kappa shape index (κ3) is 0.707. The van der Waals surface area contributed by atoms with Gasteiger partial charge in [0.2, 0.25) is 0 Å². The van der Waals surface area contributed by atoms with Crippen LogP contribution in [0.15, 0.2) is 10.7 Å². The third-order valence-electron chi connectivity index (χ3n) is 0.645. The molecule has 0 spiro atoms. The molecule has 1 aromatic heterocycles. The zero-order chi connectivity index (χ0) is 5.11. The normalized spacial score (nSPS) is 8.71. The molecule has 0 fully saturated rings. The molecule has 1 radical (unpaired) electrons. The first-order valence-corrected chi connectivity index (χ1v) is 1.93. The second kappa shape index (κ2) is 1.64. The van der Waals surface area contributed by atoms with E-state index in [1.807, 2.05) is 0 Å². The Hall–Kier alpha value is -0.990. The second-order valence-electron chi connectivity index (χ2n) is 1.07. The maximum Gasteiger partial charge on any atom is 0.285 e. The van der Waals surface area contributed by atoms with Crippen LogP contribution in [-0.4, -0.2) is 12.0 Å². The number of hydrogen-bond donors (Lipinski definition) is 1. The van der Waals surface area contributed by atoms with Crippen molar-refractivity contribution >= 4 is 5.82 Å². The van der Waals surface area contributed by atoms with Crippen LogP contribution < -0.4 is 5.32 Å². The van der Waals surface area contributed by atoms with Crippen LogP contribution in [-0.2, 0) is 0 Å². The van der Waals surface area contributed by atoms with Gasteiger partial charge in [-0.15, -0.1) is 0 Å². The van der Waals surface area contributed by atoms with Crippen molar-refractivity contribution in [1.82, 2.24) is 4.98 Å². The minimum Gasteiger partial charge on any atom is -0.439 e. The summed E-state index contributed by atoms with van der Waals surface area (Å²) in [4.78, 5) is 3.63. The summed E-state index contributed by atoms with van der Waals surface area (Å²) in [5.41, 5.74) is 0. The first kappa shape index (κ1) is 4.18. The molecule has 0 bridgehead atoms. The van der Waals surface area contributed by atoms with Gasteiger partial charge in [0.1, 0.15) is 6.26 Å². The summed E-state index contributed by atoms with van der Waals surface area (Å²) in [6, 6.07) is 0. The highest BCUT2D eigenvalue weighted by atomic mass is 16.3. The van der Waals surface area contributed by atoms with Crippen LogP contribution in [0.5, 0.6) is 0 Å². The van der Waals surface area contributed by atoms with Gasteiger partial charge in [0.15, 0.2) is 5.82 Å². The lowest BCUT2D eigenvalue weighted by Crippen LogP contribution is -1.84. The van der Waals surface area contributed by atoms with Gasteiger partial charge < -0.3 is 9.73 Å². The summed E-state index contributed by atoms with van der Waals surface area (Å²) in [5, 5.41) is 2.77. The number of anilines is 1. The van der Waals surface area contributed by atoms with Crippen LogP contribution in [0, 0.1) is 6.39 Å². The molecule has 0 aromatic carbocycles. The lowest BCUT2D eigenvalue weighted by molar-refractivity contribution is 0.548. The Balaban J connectivity index is 2.76. The smallest absolute Gasteiger partial charge is 0.285 e. The average Bonchev–Trinajstić information content (AvgIpc) is 2.14. The zero-order valence-corrected chi connectivity index (χ0v) is 3.93. The topological polar surface area (TPSA) is 38.1 Å². The highest BCUT2D eigenvalue weighted by molar-refractivity contribution is 5.26. The highest BCUT2D eigenvalue weighted by Crippen LogP contribution is 1.96. The van der Waals surface area contributed by atoms with E-state index >= 15 is 0 Å². The van der Waals surface area contributed by atoms with Gasteiger partial charge in [-0.1, -0.05) is 0 Å². The maximum atomic E-state index is 4.51. The molecule has 1 N–H and O–H groups in total. The second-order valence-corrected chi connectivity index (χ2v) is 1.07. The van der Waals surface area contributed by atoms with E-state index in [9.17, 15) is 0 Å². The van der Waals surface area contributed by atoms with Crippen molar-refractivity contribution in [2.45, 2.75) is 0 Å².